The van der Waals surface area contributed by atoms with Gasteiger partial charge in [0, 0.05) is 0 Å². The van der Waals surface area contributed by atoms with E-state index in [1.165, 1.54) is 6.92 Å². The Kier molecular flexibility index (Phi) is 3.27. The van der Waals surface area contributed by atoms with Gasteiger partial charge in [0.15, 0.2) is 0 Å². The Labute approximate surface area is 61.0 Å². The summed E-state index contributed by atoms with van der Waals surface area (Å²) < 4.78 is 57.1. The molecule has 0 fully saturated rings. The van der Waals surface area contributed by atoms with Crippen LogP contribution in [0.15, 0.2) is 0 Å². The van der Waals surface area contributed by atoms with Crippen molar-refractivity contribution in [2.75, 3.05) is 6.61 Å². The number of rotatable bonds is 3. The number of alkyl halides is 3. The summed E-state index contributed by atoms with van der Waals surface area (Å²) in [5.41, 5.74) is -5.43. The van der Waals surface area contributed by atoms with Crippen molar-refractivity contribution in [3.8, 4) is 0 Å². The molecule has 68 valence electrons. The first-order chi connectivity index (χ1) is 4.81. The third-order valence-electron chi connectivity index (χ3n) is 0.539. The number of hydrogen-bond acceptors (Lipinski definition) is 4. The lowest BCUT2D eigenvalue weighted by Gasteiger charge is -2.05. The van der Waals surface area contributed by atoms with Crippen LogP contribution in [0.5, 0.6) is 0 Å². The molecule has 0 atom stereocenters. The highest BCUT2D eigenvalue weighted by Crippen LogP contribution is 2.24. The van der Waals surface area contributed by atoms with Crippen LogP contribution in [-0.4, -0.2) is 20.5 Å². The molecule has 4 nitrogen and oxygen atoms in total. The quantitative estimate of drug-likeness (QED) is 0.379. The first-order valence-corrected chi connectivity index (χ1v) is 3.84. The number of halogens is 3. The van der Waals surface area contributed by atoms with Crippen LogP contribution in [0.4, 0.5) is 13.2 Å². The van der Waals surface area contributed by atoms with Gasteiger partial charge in [-0.25, -0.2) is 4.89 Å². The predicted molar refractivity (Wildman–Crippen MR) is 27.7 cm³/mol. The Bertz CT molecular complexity index is 205. The summed E-state index contributed by atoms with van der Waals surface area (Å²) in [5.74, 6) is 0. The third kappa shape index (κ3) is 3.04. The van der Waals surface area contributed by atoms with Gasteiger partial charge < -0.3 is 0 Å². The van der Waals surface area contributed by atoms with Crippen molar-refractivity contribution in [2.24, 2.45) is 0 Å². The SMILES string of the molecule is CCOOS(=O)(=O)C(F)(F)F. The fourth-order valence-electron chi connectivity index (χ4n) is 0.150. The molecule has 0 saturated heterocycles. The van der Waals surface area contributed by atoms with E-state index in [4.69, 9.17) is 0 Å². The first kappa shape index (κ1) is 10.7. The summed E-state index contributed by atoms with van der Waals surface area (Å²) in [6.45, 7) is 1.00. The Hall–Kier alpha value is -0.340. The molecular weight excluding hydrogens is 189 g/mol. The van der Waals surface area contributed by atoms with E-state index in [2.05, 4.69) is 9.22 Å². The predicted octanol–water partition coefficient (Wildman–Crippen LogP) is 0.804. The highest BCUT2D eigenvalue weighted by molar-refractivity contribution is 7.87. The van der Waals surface area contributed by atoms with Crippen molar-refractivity contribution in [3.63, 3.8) is 0 Å². The minimum atomic E-state index is -5.58. The topological polar surface area (TPSA) is 52.6 Å². The van der Waals surface area contributed by atoms with Crippen LogP contribution < -0.4 is 0 Å². The zero-order valence-electron chi connectivity index (χ0n) is 5.38. The summed E-state index contributed by atoms with van der Waals surface area (Å²) in [7, 11) is -5.58. The molecule has 0 unspecified atom stereocenters. The normalized spacial score (nSPS) is 13.5. The smallest absolute Gasteiger partial charge is 0.220 e. The Morgan fingerprint density at radius 3 is 2.09 bits per heavy atom. The van der Waals surface area contributed by atoms with Crippen LogP contribution in [-0.2, 0) is 19.3 Å². The fourth-order valence-corrected chi connectivity index (χ4v) is 0.450. The lowest BCUT2D eigenvalue weighted by molar-refractivity contribution is -0.210. The minimum absolute atomic E-state index is 0.282. The molecule has 11 heavy (non-hydrogen) atoms. The Balaban J connectivity index is 4.26. The van der Waals surface area contributed by atoms with E-state index in [0.29, 0.717) is 0 Å². The summed E-state index contributed by atoms with van der Waals surface area (Å²) in [6, 6.07) is 0. The van der Waals surface area contributed by atoms with Crippen LogP contribution in [0, 0.1) is 0 Å². The molecule has 0 aromatic heterocycles. The van der Waals surface area contributed by atoms with Crippen molar-refractivity contribution in [1.82, 2.24) is 0 Å². The van der Waals surface area contributed by atoms with Crippen molar-refractivity contribution in [2.45, 2.75) is 12.4 Å². The molecule has 0 radical (unpaired) electrons. The number of hydrogen-bond donors (Lipinski definition) is 0. The molecule has 0 bridgehead atoms. The molecule has 8 heteroatoms. The van der Waals surface area contributed by atoms with Crippen molar-refractivity contribution >= 4 is 10.1 Å². The summed E-state index contributed by atoms with van der Waals surface area (Å²) in [4.78, 5) is 3.62. The molecule has 0 rings (SSSR count). The highest BCUT2D eigenvalue weighted by atomic mass is 32.2. The largest absolute Gasteiger partial charge is 0.525 e. The third-order valence-corrected chi connectivity index (χ3v) is 1.38. The Morgan fingerprint density at radius 1 is 1.36 bits per heavy atom. The van der Waals surface area contributed by atoms with Gasteiger partial charge in [-0.3, -0.25) is 0 Å². The molecule has 0 amide bonds. The van der Waals surface area contributed by atoms with Crippen LogP contribution in [0.2, 0.25) is 0 Å². The fraction of sp³-hybridized carbons (Fsp3) is 1.00. The molecule has 0 heterocycles. The lowest BCUT2D eigenvalue weighted by atomic mass is 10.9. The van der Waals surface area contributed by atoms with Gasteiger partial charge in [0.2, 0.25) is 0 Å². The van der Waals surface area contributed by atoms with Gasteiger partial charge in [-0.05, 0) is 6.92 Å². The van der Waals surface area contributed by atoms with Gasteiger partial charge in [0.05, 0.1) is 6.61 Å². The zero-order valence-corrected chi connectivity index (χ0v) is 6.20. The van der Waals surface area contributed by atoms with Gasteiger partial charge >= 0.3 is 15.6 Å². The van der Waals surface area contributed by atoms with E-state index >= 15 is 0 Å². The van der Waals surface area contributed by atoms with E-state index in [9.17, 15) is 21.6 Å². The van der Waals surface area contributed by atoms with Gasteiger partial charge in [-0.1, -0.05) is 4.33 Å². The molecule has 0 aliphatic carbocycles. The maximum atomic E-state index is 11.4. The molecule has 0 spiro atoms. The van der Waals surface area contributed by atoms with Gasteiger partial charge in [-0.2, -0.15) is 21.6 Å². The minimum Gasteiger partial charge on any atom is -0.220 e. The molecule has 0 saturated carbocycles. The van der Waals surface area contributed by atoms with Gasteiger partial charge in [0.25, 0.3) is 0 Å². The second-order valence-corrected chi connectivity index (χ2v) is 2.88. The van der Waals surface area contributed by atoms with Crippen LogP contribution in [0.3, 0.4) is 0 Å². The lowest BCUT2D eigenvalue weighted by Crippen LogP contribution is -2.25. The van der Waals surface area contributed by atoms with Crippen LogP contribution >= 0.6 is 0 Å². The van der Waals surface area contributed by atoms with E-state index in [1.807, 2.05) is 0 Å². The molecule has 0 aromatic carbocycles. The monoisotopic (exact) mass is 194 g/mol. The highest BCUT2D eigenvalue weighted by Gasteiger charge is 2.48. The van der Waals surface area contributed by atoms with Gasteiger partial charge in [0.1, 0.15) is 0 Å². The molecule has 0 N–H and O–H groups in total. The first-order valence-electron chi connectivity index (χ1n) is 2.43. The van der Waals surface area contributed by atoms with Crippen LogP contribution in [0.25, 0.3) is 0 Å². The van der Waals surface area contributed by atoms with E-state index in [-0.39, 0.29) is 6.61 Å². The van der Waals surface area contributed by atoms with Gasteiger partial charge in [-0.15, -0.1) is 0 Å². The van der Waals surface area contributed by atoms with E-state index in [0.717, 1.165) is 0 Å². The standard InChI is InChI=1S/C3H5F3O4S/c1-2-9-10-11(7,8)3(4,5)6/h2H2,1H3. The molecular formula is C3H5F3O4S. The van der Waals surface area contributed by atoms with E-state index < -0.39 is 15.6 Å². The second-order valence-electron chi connectivity index (χ2n) is 1.37. The Morgan fingerprint density at radius 2 is 1.82 bits per heavy atom. The maximum absolute atomic E-state index is 11.4. The maximum Gasteiger partial charge on any atom is 0.525 e. The average Bonchev–Trinajstić information content (AvgIpc) is 1.81. The van der Waals surface area contributed by atoms with Crippen molar-refractivity contribution in [1.29, 1.82) is 0 Å². The summed E-state index contributed by atoms with van der Waals surface area (Å²) in [5, 5.41) is 0. The molecule has 0 aliphatic rings. The second kappa shape index (κ2) is 3.37. The zero-order chi connectivity index (χ0) is 9.12. The van der Waals surface area contributed by atoms with Crippen molar-refractivity contribution in [3.05, 3.63) is 0 Å². The summed E-state index contributed by atoms with van der Waals surface area (Å²) in [6.07, 6.45) is 0. The van der Waals surface area contributed by atoms with E-state index in [1.54, 1.807) is 0 Å². The molecule has 0 aromatic rings. The van der Waals surface area contributed by atoms with Crippen molar-refractivity contribution < 1.29 is 30.8 Å². The summed E-state index contributed by atoms with van der Waals surface area (Å²) >= 11 is 0. The van der Waals surface area contributed by atoms with Crippen LogP contribution in [0.1, 0.15) is 6.92 Å². The molecule has 0 aliphatic heterocycles. The average molecular weight is 194 g/mol.